The predicted molar refractivity (Wildman–Crippen MR) is 108 cm³/mol. The minimum Gasteiger partial charge on any atom is -0.459 e. The van der Waals surface area contributed by atoms with Crippen LogP contribution >= 0.6 is 0 Å². The predicted octanol–water partition coefficient (Wildman–Crippen LogP) is 2.94. The number of benzene rings is 2. The van der Waals surface area contributed by atoms with Crippen molar-refractivity contribution in [3.8, 4) is 0 Å². The first-order chi connectivity index (χ1) is 14.0. The maximum Gasteiger partial charge on any atom is 0.408 e. The van der Waals surface area contributed by atoms with Crippen LogP contribution in [0.25, 0.3) is 0 Å². The smallest absolute Gasteiger partial charge is 0.408 e. The van der Waals surface area contributed by atoms with Gasteiger partial charge in [0, 0.05) is 0 Å². The van der Waals surface area contributed by atoms with E-state index >= 15 is 0 Å². The quantitative estimate of drug-likeness (QED) is 0.634. The third-order valence-corrected chi connectivity index (χ3v) is 4.17. The van der Waals surface area contributed by atoms with Crippen molar-refractivity contribution < 1.29 is 23.9 Å². The van der Waals surface area contributed by atoms with Crippen LogP contribution in [-0.4, -0.2) is 30.1 Å². The summed E-state index contributed by atoms with van der Waals surface area (Å²) in [7, 11) is 0. The highest BCUT2D eigenvalue weighted by molar-refractivity contribution is 5.89. The second-order valence-electron chi connectivity index (χ2n) is 6.49. The number of carbonyl (C=O) groups excluding carboxylic acids is 3. The average Bonchev–Trinajstić information content (AvgIpc) is 2.75. The van der Waals surface area contributed by atoms with E-state index in [0.717, 1.165) is 11.1 Å². The van der Waals surface area contributed by atoms with E-state index in [1.54, 1.807) is 6.92 Å². The molecule has 29 heavy (non-hydrogen) atoms. The van der Waals surface area contributed by atoms with Crippen LogP contribution < -0.4 is 10.6 Å². The second kappa shape index (κ2) is 11.5. The van der Waals surface area contributed by atoms with E-state index in [1.807, 2.05) is 60.7 Å². The molecule has 0 aliphatic heterocycles. The van der Waals surface area contributed by atoms with Crippen LogP contribution in [0, 0.1) is 0 Å². The lowest BCUT2D eigenvalue weighted by molar-refractivity contribution is -0.149. The van der Waals surface area contributed by atoms with Crippen molar-refractivity contribution in [1.29, 1.82) is 0 Å². The first-order valence-corrected chi connectivity index (χ1v) is 9.47. The van der Waals surface area contributed by atoms with E-state index in [1.165, 1.54) is 6.92 Å². The van der Waals surface area contributed by atoms with Gasteiger partial charge in [0.15, 0.2) is 0 Å². The molecule has 2 amide bonds. The summed E-state index contributed by atoms with van der Waals surface area (Å²) in [5.74, 6) is -1.02. The van der Waals surface area contributed by atoms with E-state index in [0.29, 0.717) is 6.42 Å². The number of alkyl carbamates (subject to hydrolysis) is 1. The van der Waals surface area contributed by atoms with Crippen molar-refractivity contribution in [2.24, 2.45) is 0 Å². The van der Waals surface area contributed by atoms with E-state index < -0.39 is 30.1 Å². The molecular weight excluding hydrogens is 372 g/mol. The molecule has 2 rings (SSSR count). The minimum atomic E-state index is -0.866. The Balaban J connectivity index is 1.76. The van der Waals surface area contributed by atoms with Gasteiger partial charge < -0.3 is 20.1 Å². The van der Waals surface area contributed by atoms with Crippen LogP contribution in [0.15, 0.2) is 60.7 Å². The van der Waals surface area contributed by atoms with E-state index in [9.17, 15) is 14.4 Å². The molecule has 2 aromatic rings. The van der Waals surface area contributed by atoms with Gasteiger partial charge in [0.05, 0.1) is 0 Å². The summed E-state index contributed by atoms with van der Waals surface area (Å²) in [6.45, 7) is 3.51. The summed E-state index contributed by atoms with van der Waals surface area (Å²) in [5, 5.41) is 5.05. The summed E-state index contributed by atoms with van der Waals surface area (Å²) >= 11 is 0. The molecule has 0 fully saturated rings. The van der Waals surface area contributed by atoms with Crippen molar-refractivity contribution in [2.45, 2.75) is 45.6 Å². The largest absolute Gasteiger partial charge is 0.459 e. The highest BCUT2D eigenvalue weighted by atomic mass is 16.5. The Labute approximate surface area is 170 Å². The van der Waals surface area contributed by atoms with Crippen LogP contribution in [-0.2, 0) is 32.3 Å². The Hall–Kier alpha value is -3.35. The Bertz CT molecular complexity index is 795. The van der Waals surface area contributed by atoms with Crippen LogP contribution in [0.2, 0.25) is 0 Å². The fourth-order valence-corrected chi connectivity index (χ4v) is 2.46. The Kier molecular flexibility index (Phi) is 8.69. The molecular formula is C22H26N2O5. The van der Waals surface area contributed by atoms with Gasteiger partial charge in [0.2, 0.25) is 5.91 Å². The molecule has 2 N–H and O–H groups in total. The fourth-order valence-electron chi connectivity index (χ4n) is 2.46. The number of ether oxygens (including phenoxy) is 2. The van der Waals surface area contributed by atoms with Crippen LogP contribution in [0.3, 0.4) is 0 Å². The maximum atomic E-state index is 12.3. The van der Waals surface area contributed by atoms with Crippen molar-refractivity contribution in [1.82, 2.24) is 10.6 Å². The third kappa shape index (κ3) is 7.65. The number of hydrogen-bond acceptors (Lipinski definition) is 5. The van der Waals surface area contributed by atoms with Gasteiger partial charge >= 0.3 is 12.1 Å². The highest BCUT2D eigenvalue weighted by Crippen LogP contribution is 2.04. The topological polar surface area (TPSA) is 93.7 Å². The maximum absolute atomic E-state index is 12.3. The van der Waals surface area contributed by atoms with Gasteiger partial charge in [-0.05, 0) is 24.5 Å². The molecule has 0 saturated carbocycles. The first-order valence-electron chi connectivity index (χ1n) is 9.47. The van der Waals surface area contributed by atoms with Gasteiger partial charge in [0.25, 0.3) is 0 Å². The summed E-state index contributed by atoms with van der Waals surface area (Å²) < 4.78 is 10.4. The average molecular weight is 398 g/mol. The van der Waals surface area contributed by atoms with Crippen molar-refractivity contribution in [3.63, 3.8) is 0 Å². The van der Waals surface area contributed by atoms with Gasteiger partial charge in [-0.3, -0.25) is 4.79 Å². The number of rotatable bonds is 9. The van der Waals surface area contributed by atoms with Crippen LogP contribution in [0.5, 0.6) is 0 Å². The molecule has 0 radical (unpaired) electrons. The van der Waals surface area contributed by atoms with E-state index in [-0.39, 0.29) is 13.2 Å². The molecule has 0 spiro atoms. The second-order valence-corrected chi connectivity index (χ2v) is 6.49. The van der Waals surface area contributed by atoms with Gasteiger partial charge in [-0.25, -0.2) is 9.59 Å². The molecule has 7 heteroatoms. The lowest BCUT2D eigenvalue weighted by Crippen LogP contribution is -2.50. The van der Waals surface area contributed by atoms with Crippen molar-refractivity contribution in [3.05, 3.63) is 71.8 Å². The zero-order valence-electron chi connectivity index (χ0n) is 16.6. The lowest BCUT2D eigenvalue weighted by atomic mass is 10.2. The molecule has 154 valence electrons. The molecule has 0 aromatic heterocycles. The molecule has 0 heterocycles. The Morgan fingerprint density at radius 3 is 1.86 bits per heavy atom. The molecule has 0 aliphatic carbocycles. The van der Waals surface area contributed by atoms with Gasteiger partial charge in [-0.1, -0.05) is 67.6 Å². The Morgan fingerprint density at radius 1 is 0.828 bits per heavy atom. The number of nitrogens with one attached hydrogen (secondary N) is 2. The molecule has 0 unspecified atom stereocenters. The van der Waals surface area contributed by atoms with Gasteiger partial charge in [0.1, 0.15) is 25.3 Å². The summed E-state index contributed by atoms with van der Waals surface area (Å²) in [6.07, 6.45) is -0.346. The van der Waals surface area contributed by atoms with Crippen LogP contribution in [0.1, 0.15) is 31.4 Å². The summed E-state index contributed by atoms with van der Waals surface area (Å²) in [4.78, 5) is 36.4. The standard InChI is InChI=1S/C22H26N2O5/c1-3-19(21(26)28-14-17-10-6-4-7-11-17)24-20(25)16(2)23-22(27)29-15-18-12-8-5-9-13-18/h4-13,16,19H,3,14-15H2,1-2H3,(H,23,27)(H,24,25)/t16-,19+/m0/s1. The molecule has 0 aliphatic rings. The highest BCUT2D eigenvalue weighted by Gasteiger charge is 2.24. The molecule has 7 nitrogen and oxygen atoms in total. The van der Waals surface area contributed by atoms with Crippen molar-refractivity contribution in [2.75, 3.05) is 0 Å². The SMILES string of the molecule is CC[C@@H](NC(=O)[C@H](C)NC(=O)OCc1ccccc1)C(=O)OCc1ccccc1. The first kappa shape index (κ1) is 21.9. The monoisotopic (exact) mass is 398 g/mol. The summed E-state index contributed by atoms with van der Waals surface area (Å²) in [5.41, 5.74) is 1.70. The molecule has 0 bridgehead atoms. The fraction of sp³-hybridized carbons (Fsp3) is 0.318. The van der Waals surface area contributed by atoms with Crippen LogP contribution in [0.4, 0.5) is 4.79 Å². The lowest BCUT2D eigenvalue weighted by Gasteiger charge is -2.19. The number of carbonyl (C=O) groups is 3. The van der Waals surface area contributed by atoms with Crippen molar-refractivity contribution >= 4 is 18.0 Å². The number of hydrogen-bond donors (Lipinski definition) is 2. The van der Waals surface area contributed by atoms with Gasteiger partial charge in [-0.15, -0.1) is 0 Å². The zero-order chi connectivity index (χ0) is 21.1. The number of amides is 2. The summed E-state index contributed by atoms with van der Waals surface area (Å²) in [6, 6.07) is 16.8. The van der Waals surface area contributed by atoms with E-state index in [2.05, 4.69) is 10.6 Å². The zero-order valence-corrected chi connectivity index (χ0v) is 16.6. The van der Waals surface area contributed by atoms with Gasteiger partial charge in [-0.2, -0.15) is 0 Å². The molecule has 2 atom stereocenters. The Morgan fingerprint density at radius 2 is 1.34 bits per heavy atom. The molecule has 2 aromatic carbocycles. The minimum absolute atomic E-state index is 0.102. The third-order valence-electron chi connectivity index (χ3n) is 4.17. The normalized spacial score (nSPS) is 12.3. The van der Waals surface area contributed by atoms with E-state index in [4.69, 9.17) is 9.47 Å². The number of esters is 1. The molecule has 0 saturated heterocycles.